The molecule has 0 bridgehead atoms. The molecule has 0 aliphatic carbocycles. The van der Waals surface area contributed by atoms with Crippen LogP contribution in [0.4, 0.5) is 13.2 Å². The predicted molar refractivity (Wildman–Crippen MR) is 106 cm³/mol. The summed E-state index contributed by atoms with van der Waals surface area (Å²) in [5.41, 5.74) is 0.179. The van der Waals surface area contributed by atoms with Gasteiger partial charge in [-0.3, -0.25) is 4.79 Å². The molecule has 1 unspecified atom stereocenters. The van der Waals surface area contributed by atoms with Gasteiger partial charge in [0.15, 0.2) is 11.5 Å². The third kappa shape index (κ3) is 4.72. The van der Waals surface area contributed by atoms with Crippen molar-refractivity contribution in [3.8, 4) is 22.8 Å². The smallest absolute Gasteiger partial charge is 0.416 e. The van der Waals surface area contributed by atoms with Crippen LogP contribution in [-0.4, -0.2) is 28.1 Å². The van der Waals surface area contributed by atoms with Crippen molar-refractivity contribution in [2.75, 3.05) is 13.2 Å². The summed E-state index contributed by atoms with van der Waals surface area (Å²) in [6.45, 7) is 0.891. The molecule has 0 radical (unpaired) electrons. The van der Waals surface area contributed by atoms with Crippen molar-refractivity contribution in [1.29, 1.82) is 0 Å². The number of alkyl halides is 3. The lowest BCUT2D eigenvalue weighted by molar-refractivity contribution is -0.137. The van der Waals surface area contributed by atoms with E-state index in [2.05, 4.69) is 5.10 Å². The highest BCUT2D eigenvalue weighted by Crippen LogP contribution is 2.33. The van der Waals surface area contributed by atoms with Gasteiger partial charge in [0, 0.05) is 18.1 Å². The number of aliphatic hydroxyl groups is 1. The zero-order valence-electron chi connectivity index (χ0n) is 16.3. The van der Waals surface area contributed by atoms with Gasteiger partial charge < -0.3 is 14.6 Å². The number of halogens is 3. The molecule has 162 valence electrons. The number of ether oxygens (including phenoxy) is 2. The average molecular weight is 432 g/mol. The van der Waals surface area contributed by atoms with E-state index >= 15 is 0 Å². The Balaban J connectivity index is 1.57. The van der Waals surface area contributed by atoms with Gasteiger partial charge in [-0.05, 0) is 42.0 Å². The molecule has 1 atom stereocenters. The van der Waals surface area contributed by atoms with Crippen molar-refractivity contribution in [2.45, 2.75) is 25.2 Å². The number of hydrogen-bond acceptors (Lipinski definition) is 5. The van der Waals surface area contributed by atoms with Crippen LogP contribution in [0.5, 0.6) is 11.5 Å². The summed E-state index contributed by atoms with van der Waals surface area (Å²) in [6.07, 6.45) is -4.89. The third-order valence-electron chi connectivity index (χ3n) is 4.88. The number of hydrogen-bond donors (Lipinski definition) is 1. The molecule has 0 saturated carbocycles. The van der Waals surface area contributed by atoms with Gasteiger partial charge in [-0.25, -0.2) is 4.68 Å². The molecule has 0 fully saturated rings. The molecule has 0 spiro atoms. The van der Waals surface area contributed by atoms with Crippen molar-refractivity contribution in [1.82, 2.24) is 9.78 Å². The summed E-state index contributed by atoms with van der Waals surface area (Å²) in [7, 11) is 0. The van der Waals surface area contributed by atoms with Gasteiger partial charge in [-0.2, -0.15) is 18.3 Å². The molecule has 1 aliphatic heterocycles. The van der Waals surface area contributed by atoms with Crippen LogP contribution in [0.1, 0.15) is 23.7 Å². The van der Waals surface area contributed by atoms with E-state index in [9.17, 15) is 23.1 Å². The predicted octanol–water partition coefficient (Wildman–Crippen LogP) is 3.82. The number of benzene rings is 2. The summed E-state index contributed by atoms with van der Waals surface area (Å²) in [4.78, 5) is 12.2. The molecule has 3 aromatic rings. The quantitative estimate of drug-likeness (QED) is 0.679. The van der Waals surface area contributed by atoms with Crippen LogP contribution in [0.3, 0.4) is 0 Å². The molecule has 1 N–H and O–H groups in total. The Kier molecular flexibility index (Phi) is 5.69. The molecule has 9 heteroatoms. The molecule has 0 saturated heterocycles. The Bertz CT molecular complexity index is 1130. The second kappa shape index (κ2) is 8.43. The highest BCUT2D eigenvalue weighted by atomic mass is 19.4. The molecule has 0 amide bonds. The first-order valence-corrected chi connectivity index (χ1v) is 9.65. The molecular formula is C22H19F3N2O4. The maximum atomic E-state index is 12.7. The van der Waals surface area contributed by atoms with Gasteiger partial charge >= 0.3 is 6.18 Å². The van der Waals surface area contributed by atoms with E-state index in [4.69, 9.17) is 9.47 Å². The number of fused-ring (bicyclic) bond motifs is 1. The average Bonchev–Trinajstić information content (AvgIpc) is 2.99. The number of aromatic nitrogens is 2. The number of nitrogens with zero attached hydrogens (tertiary/aromatic N) is 2. The van der Waals surface area contributed by atoms with Crippen LogP contribution in [0.15, 0.2) is 59.4 Å². The minimum atomic E-state index is -4.46. The Morgan fingerprint density at radius 3 is 2.42 bits per heavy atom. The summed E-state index contributed by atoms with van der Waals surface area (Å²) in [6, 6.07) is 12.4. The van der Waals surface area contributed by atoms with Crippen molar-refractivity contribution >= 4 is 0 Å². The molecule has 2 heterocycles. The fourth-order valence-corrected chi connectivity index (χ4v) is 3.22. The standard InChI is InChI=1S/C22H19F3N2O4/c23-22(24,25)16-5-2-14(3-6-16)18(28)13-27-21(29)9-7-17(26-27)15-4-8-19-20(12-15)31-11-1-10-30-19/h2-9,12,18,28H,1,10-11,13H2. The van der Waals surface area contributed by atoms with Crippen molar-refractivity contribution in [3.63, 3.8) is 0 Å². The van der Waals surface area contributed by atoms with Crippen LogP contribution < -0.4 is 15.0 Å². The zero-order valence-corrected chi connectivity index (χ0v) is 16.3. The monoisotopic (exact) mass is 432 g/mol. The maximum Gasteiger partial charge on any atom is 0.416 e. The lowest BCUT2D eigenvalue weighted by Crippen LogP contribution is -2.25. The van der Waals surface area contributed by atoms with Crippen LogP contribution >= 0.6 is 0 Å². The first-order valence-electron chi connectivity index (χ1n) is 9.65. The van der Waals surface area contributed by atoms with Crippen molar-refractivity contribution < 1.29 is 27.8 Å². The molecule has 6 nitrogen and oxygen atoms in total. The second-order valence-corrected chi connectivity index (χ2v) is 7.09. The minimum Gasteiger partial charge on any atom is -0.490 e. The second-order valence-electron chi connectivity index (χ2n) is 7.09. The van der Waals surface area contributed by atoms with E-state index < -0.39 is 23.4 Å². The van der Waals surface area contributed by atoms with Gasteiger partial charge in [-0.15, -0.1) is 0 Å². The Morgan fingerprint density at radius 1 is 1.00 bits per heavy atom. The fourth-order valence-electron chi connectivity index (χ4n) is 3.22. The number of rotatable bonds is 4. The molecule has 4 rings (SSSR count). The van der Waals surface area contributed by atoms with E-state index in [0.29, 0.717) is 36.0 Å². The lowest BCUT2D eigenvalue weighted by atomic mass is 10.1. The Labute approximate surface area is 175 Å². The molecule has 2 aromatic carbocycles. The van der Waals surface area contributed by atoms with Gasteiger partial charge in [0.05, 0.1) is 37.1 Å². The number of aliphatic hydroxyl groups excluding tert-OH is 1. The zero-order chi connectivity index (χ0) is 22.0. The summed E-state index contributed by atoms with van der Waals surface area (Å²) in [5, 5.41) is 14.7. The lowest BCUT2D eigenvalue weighted by Gasteiger charge is -2.15. The summed E-state index contributed by atoms with van der Waals surface area (Å²) < 4.78 is 50.5. The highest BCUT2D eigenvalue weighted by Gasteiger charge is 2.30. The molecule has 1 aromatic heterocycles. The van der Waals surface area contributed by atoms with E-state index in [1.165, 1.54) is 18.2 Å². The van der Waals surface area contributed by atoms with E-state index in [1.807, 2.05) is 0 Å². The largest absolute Gasteiger partial charge is 0.490 e. The Morgan fingerprint density at radius 2 is 1.71 bits per heavy atom. The third-order valence-corrected chi connectivity index (χ3v) is 4.88. The van der Waals surface area contributed by atoms with Gasteiger partial charge in [0.1, 0.15) is 0 Å². The fraction of sp³-hybridized carbons (Fsp3) is 0.273. The van der Waals surface area contributed by atoms with E-state index in [1.54, 1.807) is 24.3 Å². The highest BCUT2D eigenvalue weighted by molar-refractivity contribution is 5.63. The maximum absolute atomic E-state index is 12.7. The van der Waals surface area contributed by atoms with Crippen LogP contribution in [0.2, 0.25) is 0 Å². The van der Waals surface area contributed by atoms with Crippen LogP contribution in [0, 0.1) is 0 Å². The molecule has 31 heavy (non-hydrogen) atoms. The summed E-state index contributed by atoms with van der Waals surface area (Å²) in [5.74, 6) is 1.21. The van der Waals surface area contributed by atoms with Gasteiger partial charge in [-0.1, -0.05) is 12.1 Å². The molecule has 1 aliphatic rings. The van der Waals surface area contributed by atoms with Gasteiger partial charge in [0.2, 0.25) is 0 Å². The van der Waals surface area contributed by atoms with E-state index in [0.717, 1.165) is 23.2 Å². The SMILES string of the molecule is O=c1ccc(-c2ccc3c(c2)OCCCO3)nn1CC(O)c1ccc(C(F)(F)F)cc1. The van der Waals surface area contributed by atoms with Crippen LogP contribution in [0.25, 0.3) is 11.3 Å². The van der Waals surface area contributed by atoms with Gasteiger partial charge in [0.25, 0.3) is 5.56 Å². The normalized spacial score (nSPS) is 14.7. The topological polar surface area (TPSA) is 73.6 Å². The Hall–Kier alpha value is -3.33. The van der Waals surface area contributed by atoms with Crippen molar-refractivity contribution in [3.05, 3.63) is 76.1 Å². The summed E-state index contributed by atoms with van der Waals surface area (Å²) >= 11 is 0. The van der Waals surface area contributed by atoms with Crippen LogP contribution in [-0.2, 0) is 12.7 Å². The first kappa shape index (κ1) is 20.9. The minimum absolute atomic E-state index is 0.206. The first-order chi connectivity index (χ1) is 14.8. The van der Waals surface area contributed by atoms with Crippen molar-refractivity contribution in [2.24, 2.45) is 0 Å². The molecular weight excluding hydrogens is 413 g/mol. The van der Waals surface area contributed by atoms with E-state index in [-0.39, 0.29) is 12.1 Å².